The number of amides is 2. The zero-order chi connectivity index (χ0) is 27.2. The van der Waals surface area contributed by atoms with Crippen LogP contribution in [0.15, 0.2) is 73.3 Å². The lowest BCUT2D eigenvalue weighted by Gasteiger charge is -2.36. The van der Waals surface area contributed by atoms with E-state index >= 15 is 0 Å². The van der Waals surface area contributed by atoms with Crippen LogP contribution in [-0.4, -0.2) is 56.0 Å². The first-order valence-corrected chi connectivity index (χ1v) is 14.0. The van der Waals surface area contributed by atoms with E-state index in [2.05, 4.69) is 46.0 Å². The number of benzene rings is 3. The molecule has 0 saturated carbocycles. The number of nitrogens with zero attached hydrogens (tertiary/aromatic N) is 3. The maximum absolute atomic E-state index is 13.0. The van der Waals surface area contributed by atoms with Crippen molar-refractivity contribution in [2.45, 2.75) is 25.8 Å². The standard InChI is InChI=1S/C32H35ClN4O2/c1-2-25-8-6-10-30(33)29(25)22-31(38)37-19-17-36(18-20-37)27-13-11-26(12-14-27)32(39)34-23-24-7-5-9-28(21-24)35-15-3-4-16-35/h2,5-14,21H,1,3-4,15-20,22-23H2,(H,34,39). The molecule has 39 heavy (non-hydrogen) atoms. The van der Waals surface area contributed by atoms with Gasteiger partial charge in [-0.3, -0.25) is 9.59 Å². The average molecular weight is 543 g/mol. The highest BCUT2D eigenvalue weighted by atomic mass is 35.5. The van der Waals surface area contributed by atoms with Crippen molar-refractivity contribution >= 4 is 40.9 Å². The van der Waals surface area contributed by atoms with E-state index in [9.17, 15) is 9.59 Å². The summed E-state index contributed by atoms with van der Waals surface area (Å²) in [6.07, 6.45) is 4.49. The molecule has 202 valence electrons. The molecule has 5 rings (SSSR count). The van der Waals surface area contributed by atoms with E-state index in [1.165, 1.54) is 18.5 Å². The number of hydrogen-bond acceptors (Lipinski definition) is 4. The molecule has 0 aromatic heterocycles. The van der Waals surface area contributed by atoms with Crippen molar-refractivity contribution in [3.05, 3.63) is 101 Å². The number of rotatable bonds is 8. The van der Waals surface area contributed by atoms with Crippen molar-refractivity contribution in [3.8, 4) is 0 Å². The Morgan fingerprint density at radius 3 is 2.26 bits per heavy atom. The van der Waals surface area contributed by atoms with Crippen LogP contribution in [-0.2, 0) is 17.8 Å². The van der Waals surface area contributed by atoms with E-state index in [0.29, 0.717) is 30.2 Å². The second-order valence-electron chi connectivity index (χ2n) is 10.1. The third kappa shape index (κ3) is 6.45. The third-order valence-corrected chi connectivity index (χ3v) is 8.02. The molecule has 0 atom stereocenters. The van der Waals surface area contributed by atoms with Gasteiger partial charge in [0.2, 0.25) is 5.91 Å². The number of halogens is 1. The lowest BCUT2D eigenvalue weighted by atomic mass is 10.0. The van der Waals surface area contributed by atoms with Gasteiger partial charge in [-0.2, -0.15) is 0 Å². The van der Waals surface area contributed by atoms with Crippen molar-refractivity contribution in [2.24, 2.45) is 0 Å². The van der Waals surface area contributed by atoms with Gasteiger partial charge in [0, 0.05) is 67.8 Å². The first-order chi connectivity index (χ1) is 19.0. The fourth-order valence-corrected chi connectivity index (χ4v) is 5.63. The highest BCUT2D eigenvalue weighted by Gasteiger charge is 2.23. The van der Waals surface area contributed by atoms with Crippen LogP contribution >= 0.6 is 11.6 Å². The number of anilines is 2. The van der Waals surface area contributed by atoms with Gasteiger partial charge in [-0.25, -0.2) is 0 Å². The summed E-state index contributed by atoms with van der Waals surface area (Å²) in [5.74, 6) is -0.00848. The van der Waals surface area contributed by atoms with Gasteiger partial charge in [-0.1, -0.05) is 48.5 Å². The normalized spacial score (nSPS) is 15.4. The molecule has 2 heterocycles. The molecule has 2 aliphatic heterocycles. The van der Waals surface area contributed by atoms with Crippen LogP contribution in [0.2, 0.25) is 5.02 Å². The quantitative estimate of drug-likeness (QED) is 0.414. The average Bonchev–Trinajstić information content (AvgIpc) is 3.53. The van der Waals surface area contributed by atoms with Crippen LogP contribution in [0.4, 0.5) is 11.4 Å². The summed E-state index contributed by atoms with van der Waals surface area (Å²) < 4.78 is 0. The largest absolute Gasteiger partial charge is 0.372 e. The van der Waals surface area contributed by atoms with Crippen molar-refractivity contribution in [1.29, 1.82) is 0 Å². The summed E-state index contributed by atoms with van der Waals surface area (Å²) in [5, 5.41) is 3.65. The monoisotopic (exact) mass is 542 g/mol. The van der Waals surface area contributed by atoms with E-state index in [4.69, 9.17) is 11.6 Å². The SMILES string of the molecule is C=Cc1cccc(Cl)c1CC(=O)N1CCN(c2ccc(C(=O)NCc3cccc(N4CCCC4)c3)cc2)CC1. The van der Waals surface area contributed by atoms with E-state index in [1.54, 1.807) is 6.08 Å². The molecular formula is C32H35ClN4O2. The molecule has 2 fully saturated rings. The number of carbonyl (C=O) groups is 2. The Balaban J connectivity index is 1.12. The zero-order valence-corrected chi connectivity index (χ0v) is 23.0. The summed E-state index contributed by atoms with van der Waals surface area (Å²) in [6.45, 7) is 9.31. The fourth-order valence-electron chi connectivity index (χ4n) is 5.38. The molecule has 7 heteroatoms. The lowest BCUT2D eigenvalue weighted by molar-refractivity contribution is -0.130. The summed E-state index contributed by atoms with van der Waals surface area (Å²) in [7, 11) is 0. The zero-order valence-electron chi connectivity index (χ0n) is 22.2. The molecule has 1 N–H and O–H groups in total. The first-order valence-electron chi connectivity index (χ1n) is 13.7. The number of piperazine rings is 1. The molecule has 3 aromatic carbocycles. The molecule has 0 aliphatic carbocycles. The van der Waals surface area contributed by atoms with Crippen LogP contribution < -0.4 is 15.1 Å². The minimum absolute atomic E-state index is 0.0730. The van der Waals surface area contributed by atoms with Gasteiger partial charge < -0.3 is 20.0 Å². The second-order valence-corrected chi connectivity index (χ2v) is 10.6. The second kappa shape index (κ2) is 12.4. The molecule has 0 unspecified atom stereocenters. The predicted molar refractivity (Wildman–Crippen MR) is 160 cm³/mol. The van der Waals surface area contributed by atoms with Crippen LogP contribution in [0, 0.1) is 0 Å². The summed E-state index contributed by atoms with van der Waals surface area (Å²) >= 11 is 6.35. The Morgan fingerprint density at radius 1 is 0.846 bits per heavy atom. The van der Waals surface area contributed by atoms with Crippen LogP contribution in [0.25, 0.3) is 6.08 Å². The number of hydrogen-bond donors (Lipinski definition) is 1. The third-order valence-electron chi connectivity index (χ3n) is 7.66. The fraction of sp³-hybridized carbons (Fsp3) is 0.312. The van der Waals surface area contributed by atoms with Crippen LogP contribution in [0.3, 0.4) is 0 Å². The topological polar surface area (TPSA) is 55.9 Å². The Kier molecular flexibility index (Phi) is 8.52. The molecule has 0 bridgehead atoms. The molecular weight excluding hydrogens is 508 g/mol. The van der Waals surface area contributed by atoms with Crippen molar-refractivity contribution < 1.29 is 9.59 Å². The Labute approximate surface area is 235 Å². The molecule has 0 radical (unpaired) electrons. The maximum atomic E-state index is 13.0. The lowest BCUT2D eigenvalue weighted by Crippen LogP contribution is -2.49. The molecule has 3 aromatic rings. The first kappa shape index (κ1) is 26.8. The van der Waals surface area contributed by atoms with Gasteiger partial charge >= 0.3 is 0 Å². The predicted octanol–water partition coefficient (Wildman–Crippen LogP) is 5.40. The Bertz CT molecular complexity index is 1330. The van der Waals surface area contributed by atoms with Gasteiger partial charge in [0.25, 0.3) is 5.91 Å². The molecule has 6 nitrogen and oxygen atoms in total. The van der Waals surface area contributed by atoms with Crippen LogP contribution in [0.1, 0.15) is 39.9 Å². The summed E-state index contributed by atoms with van der Waals surface area (Å²) in [4.78, 5) is 32.3. The van der Waals surface area contributed by atoms with E-state index in [1.807, 2.05) is 47.4 Å². The summed E-state index contributed by atoms with van der Waals surface area (Å²) in [6, 6.07) is 21.8. The number of carbonyl (C=O) groups excluding carboxylic acids is 2. The van der Waals surface area contributed by atoms with Crippen LogP contribution in [0.5, 0.6) is 0 Å². The van der Waals surface area contributed by atoms with Gasteiger partial charge in [0.1, 0.15) is 0 Å². The van der Waals surface area contributed by atoms with Gasteiger partial charge in [0.15, 0.2) is 0 Å². The van der Waals surface area contributed by atoms with E-state index in [0.717, 1.165) is 48.6 Å². The smallest absolute Gasteiger partial charge is 0.251 e. The van der Waals surface area contributed by atoms with E-state index in [-0.39, 0.29) is 18.2 Å². The minimum atomic E-state index is -0.0815. The highest BCUT2D eigenvalue weighted by Crippen LogP contribution is 2.24. The highest BCUT2D eigenvalue weighted by molar-refractivity contribution is 6.31. The van der Waals surface area contributed by atoms with Gasteiger partial charge in [0.05, 0.1) is 6.42 Å². The summed E-state index contributed by atoms with van der Waals surface area (Å²) in [5.41, 5.74) is 5.75. The Morgan fingerprint density at radius 2 is 1.54 bits per heavy atom. The van der Waals surface area contributed by atoms with Gasteiger partial charge in [-0.05, 0) is 72.0 Å². The molecule has 2 saturated heterocycles. The molecule has 2 amide bonds. The van der Waals surface area contributed by atoms with Crippen molar-refractivity contribution in [3.63, 3.8) is 0 Å². The maximum Gasteiger partial charge on any atom is 0.251 e. The van der Waals surface area contributed by atoms with Crippen molar-refractivity contribution in [2.75, 3.05) is 49.1 Å². The Hall–Kier alpha value is -3.77. The molecule has 2 aliphatic rings. The number of nitrogens with one attached hydrogen (secondary N) is 1. The van der Waals surface area contributed by atoms with Gasteiger partial charge in [-0.15, -0.1) is 0 Å². The molecule has 0 spiro atoms. The minimum Gasteiger partial charge on any atom is -0.372 e. The van der Waals surface area contributed by atoms with Crippen molar-refractivity contribution in [1.82, 2.24) is 10.2 Å². The van der Waals surface area contributed by atoms with E-state index < -0.39 is 0 Å².